The van der Waals surface area contributed by atoms with Crippen LogP contribution in [-0.2, 0) is 0 Å². The second kappa shape index (κ2) is 6.36. The zero-order valence-electron chi connectivity index (χ0n) is 8.71. The first-order chi connectivity index (χ1) is 7.54. The third kappa shape index (κ3) is 3.87. The Morgan fingerprint density at radius 3 is 2.75 bits per heavy atom. The Labute approximate surface area is 110 Å². The van der Waals surface area contributed by atoms with Crippen LogP contribution in [0.15, 0.2) is 28.8 Å². The van der Waals surface area contributed by atoms with Gasteiger partial charge >= 0.3 is 0 Å². The maximum absolute atomic E-state index is 6.02. The van der Waals surface area contributed by atoms with Crippen LogP contribution in [0.1, 0.15) is 18.5 Å². The minimum Gasteiger partial charge on any atom is -0.486 e. The van der Waals surface area contributed by atoms with Crippen LogP contribution >= 0.6 is 34.8 Å². The molecule has 0 saturated carbocycles. The monoisotopic (exact) mass is 279 g/mol. The predicted octanol–water partition coefficient (Wildman–Crippen LogP) is 4.06. The number of ether oxygens (including phenoxy) is 1. The van der Waals surface area contributed by atoms with E-state index >= 15 is 0 Å². The first-order valence-electron chi connectivity index (χ1n) is 4.67. The zero-order valence-corrected chi connectivity index (χ0v) is 11.0. The molecule has 0 fully saturated rings. The molecular weight excluding hydrogens is 268 g/mol. The third-order valence-electron chi connectivity index (χ3n) is 1.97. The molecule has 0 saturated heterocycles. The van der Waals surface area contributed by atoms with E-state index in [1.54, 1.807) is 12.1 Å². The second-order valence-corrected chi connectivity index (χ2v) is 4.43. The van der Waals surface area contributed by atoms with Crippen molar-refractivity contribution in [2.45, 2.75) is 13.0 Å². The molecule has 0 unspecified atom stereocenters. The summed E-state index contributed by atoms with van der Waals surface area (Å²) in [4.78, 5) is 0. The average molecular weight is 281 g/mol. The SMILES string of the molecule is C[C@@H](N)c1ccc(OC/C(Cl)=C/Cl)c(Cl)c1. The molecule has 16 heavy (non-hydrogen) atoms. The molecular formula is C11H12Cl3NO. The van der Waals surface area contributed by atoms with Crippen molar-refractivity contribution in [3.8, 4) is 5.75 Å². The number of hydrogen-bond donors (Lipinski definition) is 1. The lowest BCUT2D eigenvalue weighted by molar-refractivity contribution is 0.359. The predicted molar refractivity (Wildman–Crippen MR) is 69.3 cm³/mol. The van der Waals surface area contributed by atoms with E-state index < -0.39 is 0 Å². The molecule has 88 valence electrons. The van der Waals surface area contributed by atoms with Gasteiger partial charge in [-0.1, -0.05) is 40.9 Å². The van der Waals surface area contributed by atoms with Gasteiger partial charge < -0.3 is 10.5 Å². The third-order valence-corrected chi connectivity index (χ3v) is 2.85. The van der Waals surface area contributed by atoms with E-state index in [0.29, 0.717) is 15.8 Å². The van der Waals surface area contributed by atoms with Gasteiger partial charge in [-0.05, 0) is 24.6 Å². The Balaban J connectivity index is 2.75. The van der Waals surface area contributed by atoms with Gasteiger partial charge in [-0.2, -0.15) is 0 Å². The summed E-state index contributed by atoms with van der Waals surface area (Å²) in [6.45, 7) is 2.08. The Morgan fingerprint density at radius 1 is 1.56 bits per heavy atom. The van der Waals surface area contributed by atoms with Crippen LogP contribution in [0.2, 0.25) is 5.02 Å². The minimum atomic E-state index is -0.0575. The second-order valence-electron chi connectivity index (χ2n) is 3.32. The Bertz CT molecular complexity index is 391. The van der Waals surface area contributed by atoms with Crippen molar-refractivity contribution in [2.75, 3.05) is 6.61 Å². The number of rotatable bonds is 4. The van der Waals surface area contributed by atoms with E-state index in [1.165, 1.54) is 5.54 Å². The molecule has 0 aliphatic rings. The van der Waals surface area contributed by atoms with Crippen molar-refractivity contribution in [1.29, 1.82) is 0 Å². The molecule has 0 spiro atoms. The highest BCUT2D eigenvalue weighted by atomic mass is 35.5. The van der Waals surface area contributed by atoms with E-state index in [4.69, 9.17) is 45.3 Å². The molecule has 0 heterocycles. The van der Waals surface area contributed by atoms with Crippen LogP contribution in [0, 0.1) is 0 Å². The fourth-order valence-electron chi connectivity index (χ4n) is 1.10. The molecule has 0 bridgehead atoms. The molecule has 1 rings (SSSR count). The highest BCUT2D eigenvalue weighted by molar-refractivity contribution is 6.36. The summed E-state index contributed by atoms with van der Waals surface area (Å²) in [5.74, 6) is 0.558. The summed E-state index contributed by atoms with van der Waals surface area (Å²) >= 11 is 17.1. The molecule has 2 N–H and O–H groups in total. The molecule has 0 radical (unpaired) electrons. The van der Waals surface area contributed by atoms with Crippen molar-refractivity contribution in [2.24, 2.45) is 5.73 Å². The lowest BCUT2D eigenvalue weighted by Gasteiger charge is -2.10. The summed E-state index contributed by atoms with van der Waals surface area (Å²) in [7, 11) is 0. The van der Waals surface area contributed by atoms with Crippen LogP contribution in [0.25, 0.3) is 0 Å². The normalized spacial score (nSPS) is 13.7. The molecule has 0 aromatic heterocycles. The van der Waals surface area contributed by atoms with E-state index in [9.17, 15) is 0 Å². The van der Waals surface area contributed by atoms with E-state index in [2.05, 4.69) is 0 Å². The zero-order chi connectivity index (χ0) is 12.1. The van der Waals surface area contributed by atoms with E-state index in [0.717, 1.165) is 5.56 Å². The number of halogens is 3. The largest absolute Gasteiger partial charge is 0.486 e. The van der Waals surface area contributed by atoms with Gasteiger partial charge in [0.2, 0.25) is 0 Å². The summed E-state index contributed by atoms with van der Waals surface area (Å²) in [5.41, 5.74) is 7.94. The van der Waals surface area contributed by atoms with Crippen molar-refractivity contribution in [3.63, 3.8) is 0 Å². The molecule has 5 heteroatoms. The van der Waals surface area contributed by atoms with Gasteiger partial charge in [-0.3, -0.25) is 0 Å². The summed E-state index contributed by atoms with van der Waals surface area (Å²) in [6, 6.07) is 5.35. The highest BCUT2D eigenvalue weighted by Crippen LogP contribution is 2.27. The average Bonchev–Trinajstić information content (AvgIpc) is 2.26. The van der Waals surface area contributed by atoms with Crippen molar-refractivity contribution in [3.05, 3.63) is 39.4 Å². The summed E-state index contributed by atoms with van der Waals surface area (Å²) in [6.07, 6.45) is 0. The minimum absolute atomic E-state index is 0.0575. The smallest absolute Gasteiger partial charge is 0.138 e. The van der Waals surface area contributed by atoms with Crippen LogP contribution < -0.4 is 10.5 Å². The molecule has 0 amide bonds. The molecule has 1 aromatic rings. The summed E-state index contributed by atoms with van der Waals surface area (Å²) in [5, 5.41) is 0.919. The molecule has 0 aliphatic heterocycles. The maximum Gasteiger partial charge on any atom is 0.138 e. The maximum atomic E-state index is 6.02. The molecule has 1 aromatic carbocycles. The van der Waals surface area contributed by atoms with Crippen LogP contribution in [-0.4, -0.2) is 6.61 Å². The van der Waals surface area contributed by atoms with Gasteiger partial charge in [-0.15, -0.1) is 0 Å². The lowest BCUT2D eigenvalue weighted by atomic mass is 10.1. The van der Waals surface area contributed by atoms with Gasteiger partial charge in [0.05, 0.1) is 10.1 Å². The number of benzene rings is 1. The highest BCUT2D eigenvalue weighted by Gasteiger charge is 2.06. The van der Waals surface area contributed by atoms with Crippen molar-refractivity contribution in [1.82, 2.24) is 0 Å². The van der Waals surface area contributed by atoms with E-state index in [1.807, 2.05) is 13.0 Å². The summed E-state index contributed by atoms with van der Waals surface area (Å²) < 4.78 is 5.37. The Hall–Kier alpha value is -0.410. The standard InChI is InChI=1S/C11H12Cl3NO/c1-7(15)8-2-3-11(10(14)4-8)16-6-9(13)5-12/h2-5,7H,6,15H2,1H3/b9-5-/t7-/m1/s1. The van der Waals surface area contributed by atoms with Gasteiger partial charge in [0.1, 0.15) is 12.4 Å². The topological polar surface area (TPSA) is 35.2 Å². The van der Waals surface area contributed by atoms with Crippen molar-refractivity contribution < 1.29 is 4.74 Å². The first-order valence-corrected chi connectivity index (χ1v) is 5.86. The molecule has 2 nitrogen and oxygen atoms in total. The van der Waals surface area contributed by atoms with Crippen LogP contribution in [0.4, 0.5) is 0 Å². The molecule has 1 atom stereocenters. The van der Waals surface area contributed by atoms with Crippen molar-refractivity contribution >= 4 is 34.8 Å². The van der Waals surface area contributed by atoms with Crippen LogP contribution in [0.3, 0.4) is 0 Å². The van der Waals surface area contributed by atoms with Gasteiger partial charge in [0, 0.05) is 11.6 Å². The lowest BCUT2D eigenvalue weighted by Crippen LogP contribution is -2.05. The van der Waals surface area contributed by atoms with Crippen LogP contribution in [0.5, 0.6) is 5.75 Å². The fraction of sp³-hybridized carbons (Fsp3) is 0.273. The Morgan fingerprint density at radius 2 is 2.25 bits per heavy atom. The molecule has 0 aliphatic carbocycles. The van der Waals surface area contributed by atoms with Gasteiger partial charge in [0.15, 0.2) is 0 Å². The number of hydrogen-bond acceptors (Lipinski definition) is 2. The first kappa shape index (κ1) is 13.7. The quantitative estimate of drug-likeness (QED) is 0.903. The van der Waals surface area contributed by atoms with Gasteiger partial charge in [0.25, 0.3) is 0 Å². The van der Waals surface area contributed by atoms with E-state index in [-0.39, 0.29) is 12.6 Å². The van der Waals surface area contributed by atoms with Gasteiger partial charge in [-0.25, -0.2) is 0 Å². The Kier molecular flexibility index (Phi) is 5.42. The number of nitrogens with two attached hydrogens (primary N) is 1. The fourth-order valence-corrected chi connectivity index (χ4v) is 1.46.